The lowest BCUT2D eigenvalue weighted by Crippen LogP contribution is -2.48. The van der Waals surface area contributed by atoms with Gasteiger partial charge in [0, 0.05) is 31.9 Å². The van der Waals surface area contributed by atoms with Gasteiger partial charge in [0.1, 0.15) is 6.10 Å². The zero-order chi connectivity index (χ0) is 22.1. The van der Waals surface area contributed by atoms with Crippen LogP contribution in [0.25, 0.3) is 0 Å². The molecule has 2 aliphatic rings. The van der Waals surface area contributed by atoms with E-state index >= 15 is 0 Å². The van der Waals surface area contributed by atoms with Crippen molar-refractivity contribution in [1.29, 1.82) is 0 Å². The third-order valence-electron chi connectivity index (χ3n) is 5.50. The van der Waals surface area contributed by atoms with E-state index in [2.05, 4.69) is 15.5 Å². The topological polar surface area (TPSA) is 92.3 Å². The van der Waals surface area contributed by atoms with E-state index in [1.165, 1.54) is 0 Å². The summed E-state index contributed by atoms with van der Waals surface area (Å²) >= 11 is 0. The molecule has 32 heavy (non-hydrogen) atoms. The number of rotatable bonds is 7. The van der Waals surface area contributed by atoms with Gasteiger partial charge in [-0.25, -0.2) is 4.99 Å². The first-order chi connectivity index (χ1) is 15.1. The summed E-state index contributed by atoms with van der Waals surface area (Å²) in [5.41, 5.74) is 1.75. The Morgan fingerprint density at radius 2 is 2.09 bits per heavy atom. The van der Waals surface area contributed by atoms with Gasteiger partial charge in [-0.1, -0.05) is 12.1 Å². The molecule has 0 saturated carbocycles. The summed E-state index contributed by atoms with van der Waals surface area (Å²) in [6, 6.07) is 7.73. The van der Waals surface area contributed by atoms with Crippen molar-refractivity contribution in [2.45, 2.75) is 52.2 Å². The van der Waals surface area contributed by atoms with Crippen molar-refractivity contribution in [2.24, 2.45) is 10.9 Å². The molecule has 2 fully saturated rings. The van der Waals surface area contributed by atoms with E-state index in [1.807, 2.05) is 38.1 Å². The number of guanidine groups is 1. The summed E-state index contributed by atoms with van der Waals surface area (Å²) in [7, 11) is 0. The summed E-state index contributed by atoms with van der Waals surface area (Å²) in [6.07, 6.45) is 3.12. The maximum absolute atomic E-state index is 12.3. The van der Waals surface area contributed by atoms with Gasteiger partial charge >= 0.3 is 5.97 Å². The Hall–Kier alpha value is -1.88. The maximum Gasteiger partial charge on any atom is 0.310 e. The molecule has 2 aliphatic heterocycles. The normalized spacial score (nSPS) is 20.9. The molecule has 0 bridgehead atoms. The second-order valence-corrected chi connectivity index (χ2v) is 7.90. The van der Waals surface area contributed by atoms with E-state index in [9.17, 15) is 9.59 Å². The standard InChI is InChI=1S/C23H34N4O4.HI/c1-3-24-23(27-12-6-9-18(16-27)22(29)30-4-2)25-15-17-8-5-10-19(14-17)26-21(28)20-11-7-13-31-20;/h5,8,10,14,18,20H,3-4,6-7,9,11-13,15-16H2,1-2H3,(H,24,25)(H,26,28);1H. The van der Waals surface area contributed by atoms with Gasteiger partial charge in [-0.05, 0) is 57.2 Å². The van der Waals surface area contributed by atoms with Crippen LogP contribution in [0.1, 0.15) is 45.1 Å². The van der Waals surface area contributed by atoms with Gasteiger partial charge in [0.15, 0.2) is 5.96 Å². The fourth-order valence-electron chi connectivity index (χ4n) is 3.97. The van der Waals surface area contributed by atoms with Crippen LogP contribution in [0.2, 0.25) is 0 Å². The van der Waals surface area contributed by atoms with Crippen LogP contribution in [0.5, 0.6) is 0 Å². The van der Waals surface area contributed by atoms with Crippen molar-refractivity contribution >= 4 is 47.5 Å². The Balaban J connectivity index is 0.00000363. The molecule has 2 saturated heterocycles. The predicted octanol–water partition coefficient (Wildman–Crippen LogP) is 3.16. The number of likely N-dealkylation sites (tertiary alicyclic amines) is 1. The minimum atomic E-state index is -0.353. The first-order valence-corrected chi connectivity index (χ1v) is 11.3. The number of ether oxygens (including phenoxy) is 2. The number of piperidine rings is 1. The Morgan fingerprint density at radius 1 is 1.25 bits per heavy atom. The predicted molar refractivity (Wildman–Crippen MR) is 135 cm³/mol. The lowest BCUT2D eigenvalue weighted by molar-refractivity contribution is -0.149. The number of amides is 1. The van der Waals surface area contributed by atoms with Gasteiger partial charge in [-0.2, -0.15) is 0 Å². The van der Waals surface area contributed by atoms with Crippen LogP contribution in [0.15, 0.2) is 29.3 Å². The Morgan fingerprint density at radius 3 is 2.81 bits per heavy atom. The second kappa shape index (κ2) is 13.6. The molecule has 2 atom stereocenters. The molecule has 178 valence electrons. The van der Waals surface area contributed by atoms with Crippen LogP contribution >= 0.6 is 24.0 Å². The Kier molecular flexibility index (Phi) is 11.2. The minimum absolute atomic E-state index is 0. The third-order valence-corrected chi connectivity index (χ3v) is 5.50. The van der Waals surface area contributed by atoms with E-state index in [0.29, 0.717) is 26.3 Å². The largest absolute Gasteiger partial charge is 0.466 e. The molecular weight excluding hydrogens is 523 g/mol. The van der Waals surface area contributed by atoms with Gasteiger partial charge in [-0.15, -0.1) is 24.0 Å². The SMILES string of the molecule is CCNC(=NCc1cccc(NC(=O)C2CCCO2)c1)N1CCCC(C(=O)OCC)C1.I. The number of hydrogen-bond acceptors (Lipinski definition) is 5. The van der Waals surface area contributed by atoms with Crippen molar-refractivity contribution in [2.75, 3.05) is 38.2 Å². The molecule has 2 N–H and O–H groups in total. The summed E-state index contributed by atoms with van der Waals surface area (Å²) < 4.78 is 10.7. The highest BCUT2D eigenvalue weighted by Gasteiger charge is 2.28. The summed E-state index contributed by atoms with van der Waals surface area (Å²) in [5, 5.41) is 6.28. The van der Waals surface area contributed by atoms with Crippen LogP contribution in [0.4, 0.5) is 5.69 Å². The molecule has 9 heteroatoms. The first kappa shape index (κ1) is 26.4. The maximum atomic E-state index is 12.3. The zero-order valence-corrected chi connectivity index (χ0v) is 21.3. The summed E-state index contributed by atoms with van der Waals surface area (Å²) in [5.74, 6) is 0.460. The number of benzene rings is 1. The summed E-state index contributed by atoms with van der Waals surface area (Å²) in [6.45, 7) is 7.62. The fraction of sp³-hybridized carbons (Fsp3) is 0.609. The smallest absolute Gasteiger partial charge is 0.310 e. The average molecular weight is 558 g/mol. The van der Waals surface area contributed by atoms with E-state index in [-0.39, 0.29) is 47.9 Å². The Bertz CT molecular complexity index is 783. The van der Waals surface area contributed by atoms with Crippen molar-refractivity contribution in [3.8, 4) is 0 Å². The van der Waals surface area contributed by atoms with Crippen molar-refractivity contribution < 1.29 is 19.1 Å². The lowest BCUT2D eigenvalue weighted by atomic mass is 9.98. The van der Waals surface area contributed by atoms with E-state index < -0.39 is 0 Å². The molecule has 0 aliphatic carbocycles. The van der Waals surface area contributed by atoms with Gasteiger partial charge in [0.05, 0.1) is 19.1 Å². The summed E-state index contributed by atoms with van der Waals surface area (Å²) in [4.78, 5) is 31.4. The third kappa shape index (κ3) is 7.61. The molecule has 0 radical (unpaired) electrons. The van der Waals surface area contributed by atoms with Gasteiger partial charge < -0.3 is 25.0 Å². The molecule has 0 spiro atoms. The molecule has 0 aromatic heterocycles. The number of anilines is 1. The van der Waals surface area contributed by atoms with Gasteiger partial charge in [0.25, 0.3) is 5.91 Å². The quantitative estimate of drug-likeness (QED) is 0.231. The van der Waals surface area contributed by atoms with Crippen LogP contribution in [0, 0.1) is 5.92 Å². The fourth-order valence-corrected chi connectivity index (χ4v) is 3.97. The highest BCUT2D eigenvalue weighted by Crippen LogP contribution is 2.19. The number of halogens is 1. The number of carbonyl (C=O) groups is 2. The van der Waals surface area contributed by atoms with Crippen LogP contribution in [-0.2, 0) is 25.6 Å². The minimum Gasteiger partial charge on any atom is -0.466 e. The highest BCUT2D eigenvalue weighted by molar-refractivity contribution is 14.0. The molecule has 1 aromatic carbocycles. The molecule has 2 heterocycles. The van der Waals surface area contributed by atoms with E-state index in [4.69, 9.17) is 14.5 Å². The first-order valence-electron chi connectivity index (χ1n) is 11.3. The number of aliphatic imine (C=N–C) groups is 1. The van der Waals surface area contributed by atoms with Crippen molar-refractivity contribution in [3.63, 3.8) is 0 Å². The van der Waals surface area contributed by atoms with Crippen molar-refractivity contribution in [3.05, 3.63) is 29.8 Å². The number of esters is 1. The zero-order valence-electron chi connectivity index (χ0n) is 19.0. The molecule has 2 unspecified atom stereocenters. The highest BCUT2D eigenvalue weighted by atomic mass is 127. The van der Waals surface area contributed by atoms with E-state index in [1.54, 1.807) is 0 Å². The molecular formula is C23H35IN4O4. The molecule has 1 amide bonds. The number of nitrogens with zero attached hydrogens (tertiary/aromatic N) is 2. The molecule has 3 rings (SSSR count). The number of nitrogens with one attached hydrogen (secondary N) is 2. The molecule has 1 aromatic rings. The lowest BCUT2D eigenvalue weighted by Gasteiger charge is -2.34. The van der Waals surface area contributed by atoms with Gasteiger partial charge in [-0.3, -0.25) is 9.59 Å². The van der Waals surface area contributed by atoms with Crippen molar-refractivity contribution in [1.82, 2.24) is 10.2 Å². The number of carbonyl (C=O) groups excluding carboxylic acids is 2. The van der Waals surface area contributed by atoms with Crippen LogP contribution in [-0.4, -0.2) is 61.7 Å². The Labute approximate surface area is 207 Å². The van der Waals surface area contributed by atoms with E-state index in [0.717, 1.165) is 56.0 Å². The molecule has 8 nitrogen and oxygen atoms in total. The van der Waals surface area contributed by atoms with Crippen LogP contribution in [0.3, 0.4) is 0 Å². The monoisotopic (exact) mass is 558 g/mol. The van der Waals surface area contributed by atoms with Gasteiger partial charge in [0.2, 0.25) is 0 Å². The average Bonchev–Trinajstić information content (AvgIpc) is 3.32. The number of hydrogen-bond donors (Lipinski definition) is 2. The second-order valence-electron chi connectivity index (χ2n) is 7.90. The van der Waals surface area contributed by atoms with Crippen LogP contribution < -0.4 is 10.6 Å².